The number of rotatable bonds is 9. The molecule has 42 heavy (non-hydrogen) atoms. The van der Waals surface area contributed by atoms with E-state index in [4.69, 9.17) is 13.9 Å². The van der Waals surface area contributed by atoms with Gasteiger partial charge in [-0.3, -0.25) is 9.69 Å². The van der Waals surface area contributed by atoms with E-state index in [-0.39, 0.29) is 12.5 Å². The summed E-state index contributed by atoms with van der Waals surface area (Å²) in [5.74, 6) is 3.31. The molecule has 0 radical (unpaired) electrons. The van der Waals surface area contributed by atoms with Crippen molar-refractivity contribution in [3.05, 3.63) is 149 Å². The monoisotopic (exact) mass is 571 g/mol. The van der Waals surface area contributed by atoms with Crippen molar-refractivity contribution in [3.8, 4) is 23.0 Å². The summed E-state index contributed by atoms with van der Waals surface area (Å²) in [5.41, 5.74) is 1.64. The van der Waals surface area contributed by atoms with Gasteiger partial charge in [0.1, 0.15) is 28.8 Å². The van der Waals surface area contributed by atoms with Crippen LogP contribution in [0.15, 0.2) is 147 Å². The number of ether oxygens (including phenoxy) is 2. The molecule has 8 heteroatoms. The Kier molecular flexibility index (Phi) is 8.24. The topological polar surface area (TPSA) is 76.6 Å². The highest BCUT2D eigenvalue weighted by atomic mass is 32.2. The molecule has 0 unspecified atom stereocenters. The minimum atomic E-state index is -0.182. The molecule has 1 aromatic heterocycles. The fourth-order valence-corrected chi connectivity index (χ4v) is 5.09. The molecule has 0 spiro atoms. The fourth-order valence-electron chi connectivity index (χ4n) is 4.15. The number of para-hydroxylation sites is 2. The van der Waals surface area contributed by atoms with E-state index in [1.165, 1.54) is 11.8 Å². The summed E-state index contributed by atoms with van der Waals surface area (Å²) in [6.45, 7) is 0.238. The van der Waals surface area contributed by atoms with Gasteiger partial charge in [0.25, 0.3) is 5.91 Å². The molecule has 0 aliphatic carbocycles. The van der Waals surface area contributed by atoms with Crippen molar-refractivity contribution < 1.29 is 18.7 Å². The summed E-state index contributed by atoms with van der Waals surface area (Å²) in [6, 6.07) is 37.9. The number of carbonyl (C=O) groups is 1. The Bertz CT molecular complexity index is 1750. The SMILES string of the molecule is O=C1/C(=C/c2cccc(Oc3ccccc3)c2)S/C(=N/N=C/c2cccc(Oc3ccccc3)c2)N1Cc1ccco1. The van der Waals surface area contributed by atoms with Gasteiger partial charge in [0.05, 0.1) is 23.9 Å². The van der Waals surface area contributed by atoms with Crippen LogP contribution in [0.5, 0.6) is 23.0 Å². The van der Waals surface area contributed by atoms with E-state index in [0.29, 0.717) is 27.3 Å². The van der Waals surface area contributed by atoms with E-state index < -0.39 is 0 Å². The van der Waals surface area contributed by atoms with Gasteiger partial charge in [-0.15, -0.1) is 5.10 Å². The van der Waals surface area contributed by atoms with Crippen molar-refractivity contribution in [1.82, 2.24) is 4.90 Å². The summed E-state index contributed by atoms with van der Waals surface area (Å²) < 4.78 is 17.4. The van der Waals surface area contributed by atoms with E-state index in [1.807, 2.05) is 121 Å². The molecule has 0 bridgehead atoms. The van der Waals surface area contributed by atoms with Gasteiger partial charge in [-0.2, -0.15) is 5.10 Å². The van der Waals surface area contributed by atoms with Crippen LogP contribution in [-0.2, 0) is 11.3 Å². The van der Waals surface area contributed by atoms with Crippen LogP contribution in [0.2, 0.25) is 0 Å². The number of thioether (sulfide) groups is 1. The Balaban J connectivity index is 1.22. The minimum Gasteiger partial charge on any atom is -0.467 e. The van der Waals surface area contributed by atoms with Gasteiger partial charge in [-0.05, 0) is 89.6 Å². The lowest BCUT2D eigenvalue weighted by Crippen LogP contribution is -2.28. The summed E-state index contributed by atoms with van der Waals surface area (Å²) in [7, 11) is 0. The predicted octanol–water partition coefficient (Wildman–Crippen LogP) is 8.37. The Hall–Kier alpha value is -5.34. The first-order chi connectivity index (χ1) is 20.7. The maximum atomic E-state index is 13.5. The number of benzene rings is 4. The maximum absolute atomic E-state index is 13.5. The molecule has 2 heterocycles. The molecule has 206 valence electrons. The molecule has 0 N–H and O–H groups in total. The average Bonchev–Trinajstić information content (AvgIpc) is 3.63. The maximum Gasteiger partial charge on any atom is 0.267 e. The molecule has 1 amide bonds. The Morgan fingerprint density at radius 1 is 0.714 bits per heavy atom. The predicted molar refractivity (Wildman–Crippen MR) is 166 cm³/mol. The first-order valence-electron chi connectivity index (χ1n) is 13.2. The third-order valence-electron chi connectivity index (χ3n) is 6.10. The summed E-state index contributed by atoms with van der Waals surface area (Å²) >= 11 is 1.26. The number of hydrogen-bond donors (Lipinski definition) is 0. The lowest BCUT2D eigenvalue weighted by atomic mass is 10.2. The van der Waals surface area contributed by atoms with Gasteiger partial charge in [0.15, 0.2) is 5.17 Å². The molecular weight excluding hydrogens is 546 g/mol. The number of nitrogens with zero attached hydrogens (tertiary/aromatic N) is 3. The number of amides is 1. The molecule has 0 saturated carbocycles. The molecule has 6 rings (SSSR count). The molecule has 4 aromatic carbocycles. The largest absolute Gasteiger partial charge is 0.467 e. The molecule has 5 aromatic rings. The van der Waals surface area contributed by atoms with Crippen molar-refractivity contribution in [3.63, 3.8) is 0 Å². The van der Waals surface area contributed by atoms with Crippen molar-refractivity contribution in [1.29, 1.82) is 0 Å². The smallest absolute Gasteiger partial charge is 0.267 e. The molecule has 0 atom stereocenters. The van der Waals surface area contributed by atoms with E-state index in [0.717, 1.165) is 22.6 Å². The summed E-state index contributed by atoms with van der Waals surface area (Å²) in [4.78, 5) is 15.6. The third kappa shape index (κ3) is 6.86. The van der Waals surface area contributed by atoms with Crippen LogP contribution in [0, 0.1) is 0 Å². The quantitative estimate of drug-likeness (QED) is 0.101. The van der Waals surface area contributed by atoms with Crippen LogP contribution < -0.4 is 9.47 Å². The van der Waals surface area contributed by atoms with Gasteiger partial charge in [0.2, 0.25) is 0 Å². The molecule has 7 nitrogen and oxygen atoms in total. The van der Waals surface area contributed by atoms with Crippen LogP contribution >= 0.6 is 11.8 Å². The van der Waals surface area contributed by atoms with Crippen LogP contribution in [-0.4, -0.2) is 22.2 Å². The Morgan fingerprint density at radius 3 is 1.98 bits per heavy atom. The highest BCUT2D eigenvalue weighted by Crippen LogP contribution is 2.34. The second-order valence-corrected chi connectivity index (χ2v) is 10.2. The number of amidine groups is 1. The number of furan rings is 1. The first kappa shape index (κ1) is 26.9. The first-order valence-corrected chi connectivity index (χ1v) is 14.0. The van der Waals surface area contributed by atoms with Crippen molar-refractivity contribution >= 4 is 35.1 Å². The number of hydrogen-bond acceptors (Lipinski definition) is 7. The average molecular weight is 572 g/mol. The molecule has 1 aliphatic heterocycles. The van der Waals surface area contributed by atoms with Crippen LogP contribution in [0.25, 0.3) is 6.08 Å². The second-order valence-electron chi connectivity index (χ2n) is 9.18. The normalized spacial score (nSPS) is 15.1. The minimum absolute atomic E-state index is 0.182. The van der Waals surface area contributed by atoms with Gasteiger partial charge in [-0.1, -0.05) is 60.7 Å². The standard InChI is InChI=1S/C34H25N3O4S/c38-33-32(22-25-10-7-16-29(20-25)40-27-12-3-1-4-13-27)42-34(37(33)24-31-18-9-19-39-31)36-35-23-26-11-8-17-30(21-26)41-28-14-5-2-6-15-28/h1-23H,24H2/b32-22-,35-23+,36-34+. The van der Waals surface area contributed by atoms with E-state index in [9.17, 15) is 4.79 Å². The lowest BCUT2D eigenvalue weighted by Gasteiger charge is -2.12. The van der Waals surface area contributed by atoms with E-state index >= 15 is 0 Å². The van der Waals surface area contributed by atoms with Crippen LogP contribution in [0.4, 0.5) is 0 Å². The Labute approximate surface area is 247 Å². The van der Waals surface area contributed by atoms with Crippen LogP contribution in [0.1, 0.15) is 16.9 Å². The van der Waals surface area contributed by atoms with Gasteiger partial charge >= 0.3 is 0 Å². The van der Waals surface area contributed by atoms with Gasteiger partial charge < -0.3 is 13.9 Å². The zero-order chi connectivity index (χ0) is 28.6. The zero-order valence-corrected chi connectivity index (χ0v) is 23.2. The van der Waals surface area contributed by atoms with Crippen molar-refractivity contribution in [2.24, 2.45) is 10.2 Å². The van der Waals surface area contributed by atoms with E-state index in [1.54, 1.807) is 23.4 Å². The highest BCUT2D eigenvalue weighted by Gasteiger charge is 2.34. The third-order valence-corrected chi connectivity index (χ3v) is 7.10. The molecule has 1 fully saturated rings. The molecule has 1 aliphatic rings. The van der Waals surface area contributed by atoms with Gasteiger partial charge in [-0.25, -0.2) is 0 Å². The number of carbonyl (C=O) groups excluding carboxylic acids is 1. The summed E-state index contributed by atoms with van der Waals surface area (Å²) in [6.07, 6.45) is 5.04. The second kappa shape index (κ2) is 12.9. The van der Waals surface area contributed by atoms with E-state index in [2.05, 4.69) is 10.2 Å². The summed E-state index contributed by atoms with van der Waals surface area (Å²) in [5, 5.41) is 9.17. The van der Waals surface area contributed by atoms with Gasteiger partial charge in [0, 0.05) is 0 Å². The fraction of sp³-hybridized carbons (Fsp3) is 0.0294. The van der Waals surface area contributed by atoms with Crippen molar-refractivity contribution in [2.75, 3.05) is 0 Å². The molecular formula is C34H25N3O4S. The zero-order valence-electron chi connectivity index (χ0n) is 22.4. The molecule has 1 saturated heterocycles. The lowest BCUT2D eigenvalue weighted by molar-refractivity contribution is -0.122. The Morgan fingerprint density at radius 2 is 1.33 bits per heavy atom. The van der Waals surface area contributed by atoms with Crippen molar-refractivity contribution in [2.45, 2.75) is 6.54 Å². The van der Waals surface area contributed by atoms with Crippen LogP contribution in [0.3, 0.4) is 0 Å². The highest BCUT2D eigenvalue weighted by molar-refractivity contribution is 8.18.